The van der Waals surface area contributed by atoms with Crippen LogP contribution in [0.25, 0.3) is 22.1 Å². The van der Waals surface area contributed by atoms with E-state index >= 15 is 0 Å². The minimum absolute atomic E-state index is 0.0685. The quantitative estimate of drug-likeness (QED) is 0.167. The van der Waals surface area contributed by atoms with Crippen LogP contribution < -0.4 is 10.6 Å². The van der Waals surface area contributed by atoms with Crippen molar-refractivity contribution in [3.05, 3.63) is 59.2 Å². The van der Waals surface area contributed by atoms with Crippen LogP contribution in [-0.2, 0) is 6.42 Å². The third kappa shape index (κ3) is 7.18. The Kier molecular flexibility index (Phi) is 9.29. The van der Waals surface area contributed by atoms with E-state index in [9.17, 15) is 9.59 Å². The lowest BCUT2D eigenvalue weighted by atomic mass is 10.1. The van der Waals surface area contributed by atoms with E-state index in [1.807, 2.05) is 36.4 Å². The van der Waals surface area contributed by atoms with Crippen LogP contribution in [0, 0.1) is 0 Å². The van der Waals surface area contributed by atoms with Gasteiger partial charge < -0.3 is 20.6 Å². The van der Waals surface area contributed by atoms with Gasteiger partial charge in [-0.05, 0) is 49.2 Å². The molecule has 2 heterocycles. The highest BCUT2D eigenvalue weighted by molar-refractivity contribution is 5.98. The summed E-state index contributed by atoms with van der Waals surface area (Å²) in [6.07, 6.45) is 9.49. The first-order chi connectivity index (χ1) is 18.1. The van der Waals surface area contributed by atoms with Crippen LogP contribution in [0.1, 0.15) is 97.6 Å². The van der Waals surface area contributed by atoms with Crippen LogP contribution in [0.3, 0.4) is 0 Å². The predicted octanol–water partition coefficient (Wildman–Crippen LogP) is 5.65. The van der Waals surface area contributed by atoms with Crippen molar-refractivity contribution >= 4 is 33.9 Å². The lowest BCUT2D eigenvalue weighted by Crippen LogP contribution is -2.24. The number of hydrogen-bond acceptors (Lipinski definition) is 4. The zero-order valence-corrected chi connectivity index (χ0v) is 22.0. The van der Waals surface area contributed by atoms with Crippen molar-refractivity contribution in [3.8, 4) is 0 Å². The first kappa shape index (κ1) is 26.4. The fraction of sp³-hybridized carbons (Fsp3) is 0.448. The number of imidazole rings is 2. The Morgan fingerprint density at radius 2 is 1.14 bits per heavy atom. The van der Waals surface area contributed by atoms with Gasteiger partial charge in [-0.1, -0.05) is 52.4 Å². The smallest absolute Gasteiger partial charge is 0.251 e. The molecule has 8 heteroatoms. The molecule has 0 unspecified atom stereocenters. The zero-order valence-electron chi connectivity index (χ0n) is 22.0. The van der Waals surface area contributed by atoms with Crippen molar-refractivity contribution in [2.24, 2.45) is 0 Å². The molecule has 0 spiro atoms. The molecule has 4 rings (SSSR count). The van der Waals surface area contributed by atoms with Gasteiger partial charge in [-0.3, -0.25) is 9.59 Å². The predicted molar refractivity (Wildman–Crippen MR) is 148 cm³/mol. The Balaban J connectivity index is 1.37. The summed E-state index contributed by atoms with van der Waals surface area (Å²) in [6, 6.07) is 11.1. The van der Waals surface area contributed by atoms with E-state index in [0.29, 0.717) is 30.6 Å². The average molecular weight is 503 g/mol. The van der Waals surface area contributed by atoms with Gasteiger partial charge in [0, 0.05) is 24.2 Å². The molecule has 0 bridgehead atoms. The van der Waals surface area contributed by atoms with Crippen molar-refractivity contribution in [3.63, 3.8) is 0 Å². The number of H-pyrrole nitrogens is 2. The van der Waals surface area contributed by atoms with Crippen molar-refractivity contribution in [1.82, 2.24) is 30.6 Å². The number of nitrogens with zero attached hydrogens (tertiary/aromatic N) is 2. The summed E-state index contributed by atoms with van der Waals surface area (Å²) in [5.74, 6) is 1.38. The van der Waals surface area contributed by atoms with Gasteiger partial charge in [-0.15, -0.1) is 0 Å². The molecule has 37 heavy (non-hydrogen) atoms. The molecule has 2 aromatic carbocycles. The van der Waals surface area contributed by atoms with E-state index in [1.165, 1.54) is 25.7 Å². The van der Waals surface area contributed by atoms with Crippen LogP contribution in [0.5, 0.6) is 0 Å². The molecule has 2 amide bonds. The number of aromatic nitrogens is 4. The first-order valence-corrected chi connectivity index (χ1v) is 13.6. The van der Waals surface area contributed by atoms with Crippen molar-refractivity contribution in [1.29, 1.82) is 0 Å². The van der Waals surface area contributed by atoms with Crippen molar-refractivity contribution < 1.29 is 9.59 Å². The topological polar surface area (TPSA) is 116 Å². The Hall–Kier alpha value is -3.68. The largest absolute Gasteiger partial charge is 0.352 e. The summed E-state index contributed by atoms with van der Waals surface area (Å²) >= 11 is 0. The van der Waals surface area contributed by atoms with E-state index in [2.05, 4.69) is 44.4 Å². The summed E-state index contributed by atoms with van der Waals surface area (Å²) in [7, 11) is 0. The van der Waals surface area contributed by atoms with Gasteiger partial charge in [-0.2, -0.15) is 0 Å². The van der Waals surface area contributed by atoms with Gasteiger partial charge in [0.1, 0.15) is 11.6 Å². The summed E-state index contributed by atoms with van der Waals surface area (Å²) in [5, 5.41) is 5.99. The maximum atomic E-state index is 12.5. The number of fused-ring (bicyclic) bond motifs is 2. The molecule has 0 atom stereocenters. The van der Waals surface area contributed by atoms with E-state index < -0.39 is 0 Å². The second kappa shape index (κ2) is 13.0. The highest BCUT2D eigenvalue weighted by Gasteiger charge is 2.12. The first-order valence-electron chi connectivity index (χ1n) is 13.6. The molecule has 0 aliphatic heterocycles. The normalized spacial score (nSPS) is 11.3. The zero-order chi connectivity index (χ0) is 26.0. The number of unbranched alkanes of at least 4 members (excludes halogenated alkanes) is 6. The maximum Gasteiger partial charge on any atom is 0.251 e. The molecule has 4 N–H and O–H groups in total. The molecule has 4 aromatic rings. The minimum Gasteiger partial charge on any atom is -0.352 e. The highest BCUT2D eigenvalue weighted by Crippen LogP contribution is 2.18. The summed E-state index contributed by atoms with van der Waals surface area (Å²) in [6.45, 7) is 5.73. The molecule has 8 nitrogen and oxygen atoms in total. The second-order valence-electron chi connectivity index (χ2n) is 9.64. The van der Waals surface area contributed by atoms with Gasteiger partial charge in [0.05, 0.1) is 28.5 Å². The standard InChI is InChI=1S/C29H38N6O2/c1-3-5-7-9-15-30-28(36)20-11-13-22-24(17-20)34-26(32-22)19-27-33-23-14-12-21(18-25(23)35-27)29(37)31-16-10-8-6-4-2/h11-14,17-18H,3-10,15-16,19H2,1-2H3,(H,30,36)(H,31,37)(H,32,34)(H,33,35). The highest BCUT2D eigenvalue weighted by atomic mass is 16.2. The van der Waals surface area contributed by atoms with E-state index in [4.69, 9.17) is 0 Å². The number of benzene rings is 2. The van der Waals surface area contributed by atoms with E-state index in [1.54, 1.807) is 0 Å². The number of hydrogen-bond donors (Lipinski definition) is 4. The number of carbonyl (C=O) groups is 2. The molecule has 0 fully saturated rings. The fourth-order valence-electron chi connectivity index (χ4n) is 4.44. The van der Waals surface area contributed by atoms with Crippen LogP contribution in [0.4, 0.5) is 0 Å². The second-order valence-corrected chi connectivity index (χ2v) is 9.64. The third-order valence-electron chi connectivity index (χ3n) is 6.56. The van der Waals surface area contributed by atoms with Gasteiger partial charge in [0.15, 0.2) is 0 Å². The van der Waals surface area contributed by atoms with Crippen LogP contribution >= 0.6 is 0 Å². The molecule has 0 saturated heterocycles. The molecule has 0 radical (unpaired) electrons. The molecule has 0 aliphatic rings. The molecule has 0 aliphatic carbocycles. The molecule has 0 saturated carbocycles. The monoisotopic (exact) mass is 502 g/mol. The number of rotatable bonds is 14. The van der Waals surface area contributed by atoms with Crippen molar-refractivity contribution in [2.45, 2.75) is 71.6 Å². The molecule has 196 valence electrons. The summed E-state index contributed by atoms with van der Waals surface area (Å²) < 4.78 is 0. The van der Waals surface area contributed by atoms with Crippen LogP contribution in [0.15, 0.2) is 36.4 Å². The lowest BCUT2D eigenvalue weighted by molar-refractivity contribution is 0.0945. The van der Waals surface area contributed by atoms with E-state index in [-0.39, 0.29) is 11.8 Å². The van der Waals surface area contributed by atoms with Gasteiger partial charge in [0.2, 0.25) is 0 Å². The Morgan fingerprint density at radius 3 is 1.57 bits per heavy atom. The lowest BCUT2D eigenvalue weighted by Gasteiger charge is -2.04. The molecule has 2 aromatic heterocycles. The fourth-order valence-corrected chi connectivity index (χ4v) is 4.44. The summed E-state index contributed by atoms with van der Waals surface area (Å²) in [4.78, 5) is 41.0. The molecular formula is C29H38N6O2. The number of aromatic amines is 2. The minimum atomic E-state index is -0.0685. The average Bonchev–Trinajstić information content (AvgIpc) is 3.49. The van der Waals surface area contributed by atoms with Gasteiger partial charge in [0.25, 0.3) is 11.8 Å². The number of nitrogens with one attached hydrogen (secondary N) is 4. The Bertz CT molecular complexity index is 1240. The SMILES string of the molecule is CCCCCCNC(=O)c1ccc2[nH]c(Cc3nc4cc(C(=O)NCCCCCC)ccc4[nH]3)nc2c1. The van der Waals surface area contributed by atoms with Crippen LogP contribution in [0.2, 0.25) is 0 Å². The van der Waals surface area contributed by atoms with Gasteiger partial charge in [-0.25, -0.2) is 9.97 Å². The Labute approximate surface area is 218 Å². The molecular weight excluding hydrogens is 464 g/mol. The van der Waals surface area contributed by atoms with E-state index in [0.717, 1.165) is 59.4 Å². The van der Waals surface area contributed by atoms with Crippen molar-refractivity contribution in [2.75, 3.05) is 13.1 Å². The number of amides is 2. The maximum absolute atomic E-state index is 12.5. The Morgan fingerprint density at radius 1 is 0.676 bits per heavy atom. The summed E-state index contributed by atoms with van der Waals surface area (Å²) in [5.41, 5.74) is 4.49. The van der Waals surface area contributed by atoms with Crippen LogP contribution in [-0.4, -0.2) is 44.8 Å². The number of carbonyl (C=O) groups excluding carboxylic acids is 2. The van der Waals surface area contributed by atoms with Gasteiger partial charge >= 0.3 is 0 Å². The third-order valence-corrected chi connectivity index (χ3v) is 6.56.